The summed E-state index contributed by atoms with van der Waals surface area (Å²) >= 11 is 0. The predicted molar refractivity (Wildman–Crippen MR) is 65.4 cm³/mol. The summed E-state index contributed by atoms with van der Waals surface area (Å²) in [5.41, 5.74) is 9.88. The third-order valence-corrected chi connectivity index (χ3v) is 3.41. The van der Waals surface area contributed by atoms with Crippen LogP contribution in [0.2, 0.25) is 0 Å². The topological polar surface area (TPSA) is 29.3 Å². The second-order valence-corrected chi connectivity index (χ2v) is 4.51. The molecule has 0 spiro atoms. The minimum absolute atomic E-state index is 0.630. The van der Waals surface area contributed by atoms with E-state index in [0.717, 1.165) is 13.0 Å². The van der Waals surface area contributed by atoms with Crippen LogP contribution in [0.5, 0.6) is 0 Å². The van der Waals surface area contributed by atoms with E-state index in [1.54, 1.807) is 0 Å². The van der Waals surface area contributed by atoms with Crippen molar-refractivity contribution in [3.63, 3.8) is 0 Å². The molecule has 2 N–H and O–H groups in total. The van der Waals surface area contributed by atoms with Crippen LogP contribution in [0, 0.1) is 6.92 Å². The molecule has 0 saturated heterocycles. The Morgan fingerprint density at radius 1 is 1.47 bits per heavy atom. The van der Waals surface area contributed by atoms with Crippen molar-refractivity contribution in [3.05, 3.63) is 29.3 Å². The summed E-state index contributed by atoms with van der Waals surface area (Å²) in [5.74, 6) is 0. The van der Waals surface area contributed by atoms with Crippen molar-refractivity contribution in [2.45, 2.75) is 32.2 Å². The second kappa shape index (κ2) is 4.23. The fourth-order valence-electron chi connectivity index (χ4n) is 2.50. The lowest BCUT2D eigenvalue weighted by Gasteiger charge is -2.36. The molecule has 0 amide bonds. The molecule has 1 aliphatic rings. The molecular formula is C13H20N2. The average Bonchev–Trinajstić information content (AvgIpc) is 2.22. The lowest BCUT2D eigenvalue weighted by atomic mass is 9.93. The number of hydrogen-bond donors (Lipinski definition) is 1. The van der Waals surface area contributed by atoms with Gasteiger partial charge in [-0.15, -0.1) is 0 Å². The summed E-state index contributed by atoms with van der Waals surface area (Å²) in [6.07, 6.45) is 3.54. The van der Waals surface area contributed by atoms with Gasteiger partial charge in [0.1, 0.15) is 0 Å². The van der Waals surface area contributed by atoms with Gasteiger partial charge in [0.15, 0.2) is 0 Å². The fraction of sp³-hybridized carbons (Fsp3) is 0.538. The van der Waals surface area contributed by atoms with Crippen LogP contribution in [-0.4, -0.2) is 19.6 Å². The Balaban J connectivity index is 2.26. The molecule has 15 heavy (non-hydrogen) atoms. The zero-order valence-corrected chi connectivity index (χ0v) is 9.66. The molecule has 1 atom stereocenters. The SMILES string of the molecule is Cc1ccc2c(c1)CCC(CCN)N2C. The molecule has 1 aliphatic heterocycles. The molecule has 0 aliphatic carbocycles. The lowest BCUT2D eigenvalue weighted by Crippen LogP contribution is -2.37. The Hall–Kier alpha value is -1.02. The number of nitrogens with zero attached hydrogens (tertiary/aromatic N) is 1. The van der Waals surface area contributed by atoms with E-state index in [4.69, 9.17) is 5.73 Å². The van der Waals surface area contributed by atoms with Crippen LogP contribution in [0.15, 0.2) is 18.2 Å². The first-order valence-electron chi connectivity index (χ1n) is 5.75. The van der Waals surface area contributed by atoms with Crippen LogP contribution >= 0.6 is 0 Å². The molecule has 0 fully saturated rings. The van der Waals surface area contributed by atoms with Gasteiger partial charge in [-0.05, 0) is 44.4 Å². The third-order valence-electron chi connectivity index (χ3n) is 3.41. The quantitative estimate of drug-likeness (QED) is 0.799. The van der Waals surface area contributed by atoms with E-state index < -0.39 is 0 Å². The number of anilines is 1. The van der Waals surface area contributed by atoms with E-state index in [0.29, 0.717) is 6.04 Å². The van der Waals surface area contributed by atoms with Crippen LogP contribution in [0.3, 0.4) is 0 Å². The van der Waals surface area contributed by atoms with Crippen LogP contribution in [0.1, 0.15) is 24.0 Å². The third kappa shape index (κ3) is 2.00. The van der Waals surface area contributed by atoms with Gasteiger partial charge in [0.05, 0.1) is 0 Å². The maximum Gasteiger partial charge on any atom is 0.0398 e. The van der Waals surface area contributed by atoms with Gasteiger partial charge in [-0.3, -0.25) is 0 Å². The molecule has 0 radical (unpaired) electrons. The highest BCUT2D eigenvalue weighted by atomic mass is 15.1. The fourth-order valence-corrected chi connectivity index (χ4v) is 2.50. The Labute approximate surface area is 92.1 Å². The highest BCUT2D eigenvalue weighted by molar-refractivity contribution is 5.57. The van der Waals surface area contributed by atoms with Crippen molar-refractivity contribution in [2.75, 3.05) is 18.5 Å². The monoisotopic (exact) mass is 204 g/mol. The second-order valence-electron chi connectivity index (χ2n) is 4.51. The lowest BCUT2D eigenvalue weighted by molar-refractivity contribution is 0.527. The molecule has 82 valence electrons. The van der Waals surface area contributed by atoms with E-state index in [2.05, 4.69) is 37.1 Å². The molecule has 2 heteroatoms. The van der Waals surface area contributed by atoms with E-state index in [1.165, 1.54) is 29.7 Å². The van der Waals surface area contributed by atoms with Gasteiger partial charge in [0, 0.05) is 18.8 Å². The highest BCUT2D eigenvalue weighted by Crippen LogP contribution is 2.30. The Morgan fingerprint density at radius 2 is 2.27 bits per heavy atom. The Morgan fingerprint density at radius 3 is 3.00 bits per heavy atom. The van der Waals surface area contributed by atoms with Crippen molar-refractivity contribution < 1.29 is 0 Å². The van der Waals surface area contributed by atoms with Gasteiger partial charge < -0.3 is 10.6 Å². The van der Waals surface area contributed by atoms with E-state index in [1.807, 2.05) is 0 Å². The summed E-state index contributed by atoms with van der Waals surface area (Å²) in [6, 6.07) is 7.38. The molecule has 1 aromatic rings. The number of hydrogen-bond acceptors (Lipinski definition) is 2. The summed E-state index contributed by atoms with van der Waals surface area (Å²) in [4.78, 5) is 2.39. The molecule has 0 bridgehead atoms. The van der Waals surface area contributed by atoms with Gasteiger partial charge in [-0.1, -0.05) is 17.7 Å². The molecule has 1 heterocycles. The first-order chi connectivity index (χ1) is 7.22. The van der Waals surface area contributed by atoms with Crippen LogP contribution < -0.4 is 10.6 Å². The van der Waals surface area contributed by atoms with Gasteiger partial charge >= 0.3 is 0 Å². The maximum absolute atomic E-state index is 5.64. The van der Waals surface area contributed by atoms with Gasteiger partial charge in [0.25, 0.3) is 0 Å². The van der Waals surface area contributed by atoms with Gasteiger partial charge in [-0.2, -0.15) is 0 Å². The van der Waals surface area contributed by atoms with E-state index >= 15 is 0 Å². The van der Waals surface area contributed by atoms with Crippen molar-refractivity contribution in [1.82, 2.24) is 0 Å². The summed E-state index contributed by atoms with van der Waals surface area (Å²) in [7, 11) is 2.19. The largest absolute Gasteiger partial charge is 0.371 e. The van der Waals surface area contributed by atoms with E-state index in [9.17, 15) is 0 Å². The zero-order valence-electron chi connectivity index (χ0n) is 9.66. The van der Waals surface area contributed by atoms with Crippen LogP contribution in [0.4, 0.5) is 5.69 Å². The summed E-state index contributed by atoms with van der Waals surface area (Å²) < 4.78 is 0. The number of rotatable bonds is 2. The average molecular weight is 204 g/mol. The number of benzene rings is 1. The van der Waals surface area contributed by atoms with Gasteiger partial charge in [0.2, 0.25) is 0 Å². The Kier molecular flexibility index (Phi) is 2.96. The van der Waals surface area contributed by atoms with Crippen LogP contribution in [0.25, 0.3) is 0 Å². The maximum atomic E-state index is 5.64. The smallest absolute Gasteiger partial charge is 0.0398 e. The van der Waals surface area contributed by atoms with Crippen LogP contribution in [-0.2, 0) is 6.42 Å². The molecule has 2 rings (SSSR count). The molecule has 1 unspecified atom stereocenters. The minimum Gasteiger partial charge on any atom is -0.371 e. The van der Waals surface area contributed by atoms with Crippen molar-refractivity contribution in [3.8, 4) is 0 Å². The van der Waals surface area contributed by atoms with E-state index in [-0.39, 0.29) is 0 Å². The zero-order chi connectivity index (χ0) is 10.8. The normalized spacial score (nSPS) is 20.2. The number of nitrogens with two attached hydrogens (primary N) is 1. The van der Waals surface area contributed by atoms with Crippen molar-refractivity contribution >= 4 is 5.69 Å². The molecule has 0 aromatic heterocycles. The number of fused-ring (bicyclic) bond motifs is 1. The molecule has 0 saturated carbocycles. The molecule has 2 nitrogen and oxygen atoms in total. The number of aryl methyl sites for hydroxylation is 2. The summed E-state index contributed by atoms with van der Waals surface area (Å²) in [6.45, 7) is 2.95. The van der Waals surface area contributed by atoms with Crippen molar-refractivity contribution in [1.29, 1.82) is 0 Å². The minimum atomic E-state index is 0.630. The van der Waals surface area contributed by atoms with Gasteiger partial charge in [-0.25, -0.2) is 0 Å². The standard InChI is InChI=1S/C13H20N2/c1-10-3-6-13-11(9-10)4-5-12(7-8-14)15(13)2/h3,6,9,12H,4-5,7-8,14H2,1-2H3. The highest BCUT2D eigenvalue weighted by Gasteiger charge is 2.22. The molecule has 1 aromatic carbocycles. The first kappa shape index (κ1) is 10.5. The first-order valence-corrected chi connectivity index (χ1v) is 5.75. The molecular weight excluding hydrogens is 184 g/mol. The summed E-state index contributed by atoms with van der Waals surface area (Å²) in [5, 5.41) is 0. The Bertz CT molecular complexity index is 346. The predicted octanol–water partition coefficient (Wildman–Crippen LogP) is 2.09. The van der Waals surface area contributed by atoms with Crippen molar-refractivity contribution in [2.24, 2.45) is 5.73 Å².